The van der Waals surface area contributed by atoms with Crippen molar-refractivity contribution in [3.8, 4) is 5.75 Å². The third-order valence-electron chi connectivity index (χ3n) is 4.91. The standard InChI is InChI=1S/C22H28ClN3O2/c1-16(2)20-9-4-5-10-21(20)28-17(3)24-22(27)26-13-11-25(12-14-26)19-8-6-7-18(23)15-19/h4-10,15-17H,11-14H2,1-3H3,(H,24,27). The number of piperazine rings is 1. The number of nitrogens with one attached hydrogen (secondary N) is 1. The van der Waals surface area contributed by atoms with Gasteiger partial charge in [0, 0.05) is 36.9 Å². The Morgan fingerprint density at radius 3 is 2.43 bits per heavy atom. The molecule has 1 unspecified atom stereocenters. The van der Waals surface area contributed by atoms with Crippen molar-refractivity contribution in [1.29, 1.82) is 0 Å². The van der Waals surface area contributed by atoms with E-state index in [2.05, 4.69) is 30.1 Å². The van der Waals surface area contributed by atoms with Crippen molar-refractivity contribution >= 4 is 23.3 Å². The second-order valence-corrected chi connectivity index (χ2v) is 7.79. The van der Waals surface area contributed by atoms with Crippen LogP contribution < -0.4 is 15.0 Å². The molecule has 2 aromatic rings. The van der Waals surface area contributed by atoms with Crippen molar-refractivity contribution in [2.24, 2.45) is 0 Å². The van der Waals surface area contributed by atoms with Crippen LogP contribution in [0.2, 0.25) is 5.02 Å². The molecule has 5 nitrogen and oxygen atoms in total. The maximum atomic E-state index is 12.6. The lowest BCUT2D eigenvalue weighted by molar-refractivity contribution is 0.150. The molecule has 0 bridgehead atoms. The van der Waals surface area contributed by atoms with Gasteiger partial charge in [-0.05, 0) is 42.7 Å². The van der Waals surface area contributed by atoms with Crippen molar-refractivity contribution in [1.82, 2.24) is 10.2 Å². The lowest BCUT2D eigenvalue weighted by atomic mass is 10.0. The molecule has 1 aliphatic heterocycles. The molecule has 0 spiro atoms. The van der Waals surface area contributed by atoms with Gasteiger partial charge >= 0.3 is 6.03 Å². The highest BCUT2D eigenvalue weighted by molar-refractivity contribution is 6.30. The van der Waals surface area contributed by atoms with Crippen molar-refractivity contribution < 1.29 is 9.53 Å². The number of hydrogen-bond acceptors (Lipinski definition) is 3. The van der Waals surface area contributed by atoms with Crippen molar-refractivity contribution in [3.63, 3.8) is 0 Å². The Balaban J connectivity index is 1.52. The second-order valence-electron chi connectivity index (χ2n) is 7.36. The largest absolute Gasteiger partial charge is 0.471 e. The van der Waals surface area contributed by atoms with Gasteiger partial charge in [-0.1, -0.05) is 49.7 Å². The minimum absolute atomic E-state index is 0.0970. The number of para-hydroxylation sites is 1. The zero-order chi connectivity index (χ0) is 20.1. The van der Waals surface area contributed by atoms with E-state index in [-0.39, 0.29) is 6.03 Å². The molecule has 1 aliphatic rings. The average Bonchev–Trinajstić information content (AvgIpc) is 2.68. The van der Waals surface area contributed by atoms with Crippen LogP contribution in [0.5, 0.6) is 5.75 Å². The number of halogens is 1. The molecule has 6 heteroatoms. The number of urea groups is 1. The van der Waals surface area contributed by atoms with E-state index in [9.17, 15) is 4.79 Å². The Hall–Kier alpha value is -2.40. The van der Waals surface area contributed by atoms with Crippen LogP contribution in [0.3, 0.4) is 0 Å². The lowest BCUT2D eigenvalue weighted by Gasteiger charge is -2.36. The quantitative estimate of drug-likeness (QED) is 0.737. The molecule has 3 rings (SSSR count). The Bertz CT molecular complexity index is 804. The van der Waals surface area contributed by atoms with Crippen LogP contribution in [0.4, 0.5) is 10.5 Å². The third kappa shape index (κ3) is 5.10. The van der Waals surface area contributed by atoms with Gasteiger partial charge in [0.2, 0.25) is 0 Å². The molecule has 2 aromatic carbocycles. The lowest BCUT2D eigenvalue weighted by Crippen LogP contribution is -2.54. The fraction of sp³-hybridized carbons (Fsp3) is 0.409. The summed E-state index contributed by atoms with van der Waals surface area (Å²) in [5.74, 6) is 1.18. The topological polar surface area (TPSA) is 44.8 Å². The average molecular weight is 402 g/mol. The number of rotatable bonds is 5. The minimum Gasteiger partial charge on any atom is -0.471 e. The molecule has 0 radical (unpaired) electrons. The Kier molecular flexibility index (Phi) is 6.68. The molecule has 0 saturated carbocycles. The Morgan fingerprint density at radius 2 is 1.75 bits per heavy atom. The van der Waals surface area contributed by atoms with Gasteiger partial charge in [0.25, 0.3) is 0 Å². The maximum absolute atomic E-state index is 12.6. The highest BCUT2D eigenvalue weighted by atomic mass is 35.5. The minimum atomic E-state index is -0.404. The number of nitrogens with zero attached hydrogens (tertiary/aromatic N) is 2. The van der Waals surface area contributed by atoms with E-state index in [0.29, 0.717) is 19.0 Å². The molecule has 1 fully saturated rings. The van der Waals surface area contributed by atoms with E-state index in [4.69, 9.17) is 16.3 Å². The fourth-order valence-electron chi connectivity index (χ4n) is 3.39. The van der Waals surface area contributed by atoms with Crippen molar-refractivity contribution in [2.45, 2.75) is 32.9 Å². The SMILES string of the molecule is CC(NC(=O)N1CCN(c2cccc(Cl)c2)CC1)Oc1ccccc1C(C)C. The van der Waals surface area contributed by atoms with E-state index in [1.807, 2.05) is 54.3 Å². The maximum Gasteiger partial charge on any atom is 0.320 e. The van der Waals surface area contributed by atoms with E-state index in [1.54, 1.807) is 0 Å². The van der Waals surface area contributed by atoms with E-state index in [0.717, 1.165) is 35.1 Å². The number of anilines is 1. The summed E-state index contributed by atoms with van der Waals surface area (Å²) in [4.78, 5) is 16.7. The molecule has 1 atom stereocenters. The van der Waals surface area contributed by atoms with E-state index < -0.39 is 6.23 Å². The van der Waals surface area contributed by atoms with Crippen molar-refractivity contribution in [3.05, 3.63) is 59.1 Å². The molecule has 150 valence electrons. The van der Waals surface area contributed by atoms with Gasteiger partial charge < -0.3 is 19.9 Å². The molecule has 1 heterocycles. The van der Waals surface area contributed by atoms with Gasteiger partial charge in [0.1, 0.15) is 5.75 Å². The van der Waals surface area contributed by atoms with Crippen LogP contribution in [0.15, 0.2) is 48.5 Å². The zero-order valence-electron chi connectivity index (χ0n) is 16.7. The summed E-state index contributed by atoms with van der Waals surface area (Å²) in [5, 5.41) is 3.68. The van der Waals surface area contributed by atoms with Gasteiger partial charge in [-0.3, -0.25) is 0 Å². The first-order valence-corrected chi connectivity index (χ1v) is 10.1. The third-order valence-corrected chi connectivity index (χ3v) is 5.15. The molecular formula is C22H28ClN3O2. The molecule has 0 aromatic heterocycles. The highest BCUT2D eigenvalue weighted by Gasteiger charge is 2.23. The van der Waals surface area contributed by atoms with Gasteiger partial charge in [0.05, 0.1) is 0 Å². The van der Waals surface area contributed by atoms with Crippen LogP contribution in [0.1, 0.15) is 32.3 Å². The molecular weight excluding hydrogens is 374 g/mol. The Labute approximate surface area is 172 Å². The molecule has 28 heavy (non-hydrogen) atoms. The van der Waals surface area contributed by atoms with Gasteiger partial charge in [-0.25, -0.2) is 4.79 Å². The first kappa shape index (κ1) is 20.3. The van der Waals surface area contributed by atoms with Gasteiger partial charge in [0.15, 0.2) is 6.23 Å². The number of benzene rings is 2. The first-order valence-electron chi connectivity index (χ1n) is 9.75. The van der Waals surface area contributed by atoms with Crippen LogP contribution in [0.25, 0.3) is 0 Å². The number of hydrogen-bond donors (Lipinski definition) is 1. The number of carbonyl (C=O) groups excluding carboxylic acids is 1. The summed E-state index contributed by atoms with van der Waals surface area (Å²) >= 11 is 6.08. The monoisotopic (exact) mass is 401 g/mol. The van der Waals surface area contributed by atoms with Crippen LogP contribution in [-0.4, -0.2) is 43.3 Å². The van der Waals surface area contributed by atoms with Gasteiger partial charge in [-0.15, -0.1) is 0 Å². The summed E-state index contributed by atoms with van der Waals surface area (Å²) in [5.41, 5.74) is 2.23. The molecule has 1 saturated heterocycles. The summed E-state index contributed by atoms with van der Waals surface area (Å²) in [6.45, 7) is 8.99. The summed E-state index contributed by atoms with van der Waals surface area (Å²) < 4.78 is 5.99. The summed E-state index contributed by atoms with van der Waals surface area (Å²) in [6.07, 6.45) is -0.404. The van der Waals surface area contributed by atoms with Crippen LogP contribution in [0, 0.1) is 0 Å². The fourth-order valence-corrected chi connectivity index (χ4v) is 3.58. The van der Waals surface area contributed by atoms with Gasteiger partial charge in [-0.2, -0.15) is 0 Å². The number of ether oxygens (including phenoxy) is 1. The van der Waals surface area contributed by atoms with E-state index >= 15 is 0 Å². The first-order chi connectivity index (χ1) is 13.4. The number of carbonyl (C=O) groups is 1. The molecule has 1 N–H and O–H groups in total. The second kappa shape index (κ2) is 9.20. The zero-order valence-corrected chi connectivity index (χ0v) is 17.4. The molecule has 0 aliphatic carbocycles. The molecule has 2 amide bonds. The highest BCUT2D eigenvalue weighted by Crippen LogP contribution is 2.26. The summed E-state index contributed by atoms with van der Waals surface area (Å²) in [7, 11) is 0. The predicted octanol–water partition coefficient (Wildman–Crippen LogP) is 4.72. The van der Waals surface area contributed by atoms with Crippen molar-refractivity contribution in [2.75, 3.05) is 31.1 Å². The normalized spacial score (nSPS) is 15.5. The smallest absolute Gasteiger partial charge is 0.320 e. The summed E-state index contributed by atoms with van der Waals surface area (Å²) in [6, 6.07) is 15.7. The predicted molar refractivity (Wildman–Crippen MR) is 114 cm³/mol. The van der Waals surface area contributed by atoms with Crippen LogP contribution >= 0.6 is 11.6 Å². The number of amides is 2. The van der Waals surface area contributed by atoms with Crippen LogP contribution in [-0.2, 0) is 0 Å². The Morgan fingerprint density at radius 1 is 1.04 bits per heavy atom. The van der Waals surface area contributed by atoms with E-state index in [1.165, 1.54) is 0 Å².